The summed E-state index contributed by atoms with van der Waals surface area (Å²) in [6.45, 7) is -0.441. The Hall–Kier alpha value is -1.46. The molecule has 1 N–H and O–H groups in total. The first-order valence-electron chi connectivity index (χ1n) is 3.87. The van der Waals surface area contributed by atoms with E-state index in [1.165, 1.54) is 18.4 Å². The average molecular weight is 207 g/mol. The van der Waals surface area contributed by atoms with E-state index in [1.807, 2.05) is 0 Å². The van der Waals surface area contributed by atoms with Crippen molar-refractivity contribution in [1.82, 2.24) is 5.32 Å². The molecule has 0 atom stereocenters. The molecular formula is C8H8F3NO2. The Bertz CT molecular complexity index is 292. The van der Waals surface area contributed by atoms with Crippen LogP contribution < -0.4 is 5.32 Å². The maximum absolute atomic E-state index is 11.7. The van der Waals surface area contributed by atoms with Gasteiger partial charge in [-0.05, 0) is 12.1 Å². The van der Waals surface area contributed by atoms with Crippen LogP contribution in [0, 0.1) is 0 Å². The van der Waals surface area contributed by atoms with Gasteiger partial charge in [0, 0.05) is 6.54 Å². The summed E-state index contributed by atoms with van der Waals surface area (Å²) in [6, 6.07) is 2.86. The van der Waals surface area contributed by atoms with Crippen LogP contribution in [0.25, 0.3) is 0 Å². The van der Waals surface area contributed by atoms with Gasteiger partial charge in [0.1, 0.15) is 0 Å². The Morgan fingerprint density at radius 3 is 2.71 bits per heavy atom. The second-order valence-corrected chi connectivity index (χ2v) is 2.60. The smallest absolute Gasteiger partial charge is 0.390 e. The maximum Gasteiger partial charge on any atom is 0.390 e. The third-order valence-corrected chi connectivity index (χ3v) is 1.44. The van der Waals surface area contributed by atoms with Gasteiger partial charge in [0.2, 0.25) is 0 Å². The lowest BCUT2D eigenvalue weighted by Crippen LogP contribution is -2.27. The summed E-state index contributed by atoms with van der Waals surface area (Å²) < 4.78 is 39.7. The van der Waals surface area contributed by atoms with E-state index in [4.69, 9.17) is 0 Å². The number of nitrogens with one attached hydrogen (secondary N) is 1. The first-order chi connectivity index (χ1) is 6.49. The molecule has 6 heteroatoms. The van der Waals surface area contributed by atoms with Crippen LogP contribution in [0.5, 0.6) is 0 Å². The zero-order valence-corrected chi connectivity index (χ0v) is 7.10. The fourth-order valence-electron chi connectivity index (χ4n) is 0.813. The lowest BCUT2D eigenvalue weighted by Gasteiger charge is -2.06. The van der Waals surface area contributed by atoms with Gasteiger partial charge in [-0.3, -0.25) is 4.79 Å². The molecular weight excluding hydrogens is 199 g/mol. The van der Waals surface area contributed by atoms with Gasteiger partial charge in [0.05, 0.1) is 12.7 Å². The van der Waals surface area contributed by atoms with Crippen LogP contribution in [0.4, 0.5) is 13.2 Å². The van der Waals surface area contributed by atoms with Gasteiger partial charge in [-0.2, -0.15) is 13.2 Å². The number of rotatable bonds is 3. The van der Waals surface area contributed by atoms with Gasteiger partial charge in [0.15, 0.2) is 5.76 Å². The highest BCUT2D eigenvalue weighted by Crippen LogP contribution is 2.18. The minimum atomic E-state index is -4.25. The van der Waals surface area contributed by atoms with Gasteiger partial charge < -0.3 is 9.73 Å². The van der Waals surface area contributed by atoms with Crippen LogP contribution in [-0.2, 0) is 0 Å². The van der Waals surface area contributed by atoms with E-state index in [2.05, 4.69) is 9.73 Å². The molecule has 1 aromatic heterocycles. The van der Waals surface area contributed by atoms with Crippen molar-refractivity contribution < 1.29 is 22.4 Å². The third kappa shape index (κ3) is 3.51. The van der Waals surface area contributed by atoms with E-state index in [1.54, 1.807) is 0 Å². The summed E-state index contributed by atoms with van der Waals surface area (Å²) in [4.78, 5) is 11.0. The van der Waals surface area contributed by atoms with Crippen molar-refractivity contribution in [3.05, 3.63) is 24.2 Å². The SMILES string of the molecule is O=C(NCCC(F)(F)F)c1ccco1. The fourth-order valence-corrected chi connectivity index (χ4v) is 0.813. The second-order valence-electron chi connectivity index (χ2n) is 2.60. The topological polar surface area (TPSA) is 42.2 Å². The molecule has 1 aromatic rings. The van der Waals surface area contributed by atoms with Crippen molar-refractivity contribution in [1.29, 1.82) is 0 Å². The largest absolute Gasteiger partial charge is 0.459 e. The number of alkyl halides is 3. The molecule has 1 heterocycles. The highest BCUT2D eigenvalue weighted by Gasteiger charge is 2.26. The number of hydrogen-bond acceptors (Lipinski definition) is 2. The maximum atomic E-state index is 11.7. The molecule has 0 aliphatic carbocycles. The van der Waals surface area contributed by atoms with Crippen LogP contribution in [0.3, 0.4) is 0 Å². The summed E-state index contributed by atoms with van der Waals surface area (Å²) >= 11 is 0. The van der Waals surface area contributed by atoms with Crippen molar-refractivity contribution in [3.63, 3.8) is 0 Å². The Morgan fingerprint density at radius 2 is 2.21 bits per heavy atom. The van der Waals surface area contributed by atoms with E-state index in [0.717, 1.165) is 0 Å². The van der Waals surface area contributed by atoms with Crippen LogP contribution in [0.2, 0.25) is 0 Å². The number of furan rings is 1. The van der Waals surface area contributed by atoms with Gasteiger partial charge in [-0.1, -0.05) is 0 Å². The van der Waals surface area contributed by atoms with Crippen LogP contribution in [-0.4, -0.2) is 18.6 Å². The lowest BCUT2D eigenvalue weighted by molar-refractivity contribution is -0.133. The van der Waals surface area contributed by atoms with E-state index < -0.39 is 25.0 Å². The predicted octanol–water partition coefficient (Wildman–Crippen LogP) is 1.96. The van der Waals surface area contributed by atoms with Crippen LogP contribution >= 0.6 is 0 Å². The zero-order chi connectivity index (χ0) is 10.6. The van der Waals surface area contributed by atoms with Gasteiger partial charge >= 0.3 is 6.18 Å². The number of hydrogen-bond donors (Lipinski definition) is 1. The molecule has 14 heavy (non-hydrogen) atoms. The predicted molar refractivity (Wildman–Crippen MR) is 41.7 cm³/mol. The van der Waals surface area contributed by atoms with E-state index in [0.29, 0.717) is 0 Å². The fraction of sp³-hybridized carbons (Fsp3) is 0.375. The van der Waals surface area contributed by atoms with Crippen molar-refractivity contribution in [3.8, 4) is 0 Å². The highest BCUT2D eigenvalue weighted by atomic mass is 19.4. The molecule has 0 aliphatic rings. The van der Waals surface area contributed by atoms with E-state index in [9.17, 15) is 18.0 Å². The normalized spacial score (nSPS) is 11.4. The van der Waals surface area contributed by atoms with E-state index >= 15 is 0 Å². The van der Waals surface area contributed by atoms with Crippen LogP contribution in [0.15, 0.2) is 22.8 Å². The lowest BCUT2D eigenvalue weighted by atomic mass is 10.4. The molecule has 1 amide bonds. The first-order valence-corrected chi connectivity index (χ1v) is 3.87. The van der Waals surface area contributed by atoms with Crippen molar-refractivity contribution >= 4 is 5.91 Å². The summed E-state index contributed by atoms with van der Waals surface area (Å²) in [5.41, 5.74) is 0. The molecule has 0 radical (unpaired) electrons. The number of halogens is 3. The summed E-state index contributed by atoms with van der Waals surface area (Å²) in [5.74, 6) is -0.633. The monoisotopic (exact) mass is 207 g/mol. The number of carbonyl (C=O) groups is 1. The number of amides is 1. The molecule has 0 bridgehead atoms. The highest BCUT2D eigenvalue weighted by molar-refractivity contribution is 5.91. The molecule has 0 aliphatic heterocycles. The Kier molecular flexibility index (Phi) is 3.16. The molecule has 3 nitrogen and oxygen atoms in total. The van der Waals surface area contributed by atoms with E-state index in [-0.39, 0.29) is 5.76 Å². The third-order valence-electron chi connectivity index (χ3n) is 1.44. The quantitative estimate of drug-likeness (QED) is 0.823. The van der Waals surface area contributed by atoms with Gasteiger partial charge in [-0.25, -0.2) is 0 Å². The number of carbonyl (C=O) groups excluding carboxylic acids is 1. The molecule has 78 valence electrons. The Morgan fingerprint density at radius 1 is 1.50 bits per heavy atom. The molecule has 0 unspecified atom stereocenters. The van der Waals surface area contributed by atoms with Crippen molar-refractivity contribution in [2.24, 2.45) is 0 Å². The standard InChI is InChI=1S/C8H8F3NO2/c9-8(10,11)3-4-12-7(13)6-2-1-5-14-6/h1-2,5H,3-4H2,(H,12,13). The van der Waals surface area contributed by atoms with Gasteiger partial charge in [-0.15, -0.1) is 0 Å². The summed E-state index contributed by atoms with van der Waals surface area (Å²) in [7, 11) is 0. The Labute approximate surface area is 77.9 Å². The zero-order valence-electron chi connectivity index (χ0n) is 7.10. The first kappa shape index (κ1) is 10.6. The van der Waals surface area contributed by atoms with Crippen molar-refractivity contribution in [2.75, 3.05) is 6.54 Å². The van der Waals surface area contributed by atoms with Gasteiger partial charge in [0.25, 0.3) is 5.91 Å². The molecule has 1 rings (SSSR count). The molecule has 0 saturated carbocycles. The molecule has 0 aromatic carbocycles. The summed E-state index contributed by atoms with van der Waals surface area (Å²) in [6.07, 6.45) is -4.02. The summed E-state index contributed by atoms with van der Waals surface area (Å²) in [5, 5.41) is 2.09. The second kappa shape index (κ2) is 4.17. The van der Waals surface area contributed by atoms with Crippen molar-refractivity contribution in [2.45, 2.75) is 12.6 Å². The molecule has 0 spiro atoms. The average Bonchev–Trinajstić information content (AvgIpc) is 2.53. The minimum absolute atomic E-state index is 0.00664. The Balaban J connectivity index is 2.30. The van der Waals surface area contributed by atoms with Crippen LogP contribution in [0.1, 0.15) is 17.0 Å². The minimum Gasteiger partial charge on any atom is -0.459 e. The molecule has 0 fully saturated rings. The molecule has 0 saturated heterocycles.